The van der Waals surface area contributed by atoms with Gasteiger partial charge in [-0.15, -0.1) is 5.06 Å². The molecular formula is C24H19NO3. The number of rotatable bonds is 2. The van der Waals surface area contributed by atoms with Gasteiger partial charge in [-0.1, -0.05) is 60.7 Å². The summed E-state index contributed by atoms with van der Waals surface area (Å²) in [5, 5.41) is 16.9. The highest BCUT2D eigenvalue weighted by Gasteiger charge is 2.37. The number of benzene rings is 4. The number of fused-ring (bicyclic) bond motifs is 6. The van der Waals surface area contributed by atoms with Crippen molar-refractivity contribution in [2.24, 2.45) is 0 Å². The van der Waals surface area contributed by atoms with Gasteiger partial charge < -0.3 is 14.7 Å². The van der Waals surface area contributed by atoms with Crippen molar-refractivity contribution < 1.29 is 14.7 Å². The topological polar surface area (TPSA) is 41.9 Å². The Hall–Kier alpha value is -3.08. The Labute approximate surface area is 162 Å². The molecule has 4 aromatic carbocycles. The van der Waals surface area contributed by atoms with Crippen LogP contribution >= 0.6 is 0 Å². The van der Waals surface area contributed by atoms with Crippen LogP contribution in [0.2, 0.25) is 0 Å². The summed E-state index contributed by atoms with van der Waals surface area (Å²) < 4.78 is 12.1. The van der Waals surface area contributed by atoms with Crippen molar-refractivity contribution in [3.05, 3.63) is 83.9 Å². The standard InChI is InChI=1S/C24H19NO3/c26-25(23-13-19-17-7-3-1-5-15(17)9-11-21(19)27-23)24-14-20-18-8-4-2-6-16(18)10-12-22(20)28-24/h1-12,23-24,26H,13-14H2. The van der Waals surface area contributed by atoms with Crippen LogP contribution in [0, 0.1) is 0 Å². The van der Waals surface area contributed by atoms with Crippen LogP contribution in [-0.4, -0.2) is 22.7 Å². The fourth-order valence-corrected chi connectivity index (χ4v) is 4.48. The highest BCUT2D eigenvalue weighted by atomic mass is 16.6. The molecule has 2 aliphatic heterocycles. The molecule has 2 unspecified atom stereocenters. The molecule has 0 spiro atoms. The minimum Gasteiger partial charge on any atom is -0.472 e. The molecule has 2 atom stereocenters. The zero-order valence-electron chi connectivity index (χ0n) is 15.2. The van der Waals surface area contributed by atoms with Crippen molar-refractivity contribution in [2.45, 2.75) is 25.3 Å². The summed E-state index contributed by atoms with van der Waals surface area (Å²) in [5.41, 5.74) is 2.28. The van der Waals surface area contributed by atoms with Crippen LogP contribution in [-0.2, 0) is 12.8 Å². The maximum Gasteiger partial charge on any atom is 0.182 e. The lowest BCUT2D eigenvalue weighted by molar-refractivity contribution is -0.243. The number of hydrogen-bond donors (Lipinski definition) is 1. The van der Waals surface area contributed by atoms with Crippen molar-refractivity contribution in [1.29, 1.82) is 0 Å². The Morgan fingerprint density at radius 2 is 1.11 bits per heavy atom. The maximum atomic E-state index is 10.9. The minimum absolute atomic E-state index is 0.452. The molecule has 0 saturated heterocycles. The molecule has 0 aromatic heterocycles. The third-order valence-electron chi connectivity index (χ3n) is 5.87. The molecule has 0 fully saturated rings. The first-order valence-corrected chi connectivity index (χ1v) is 9.60. The molecule has 1 N–H and O–H groups in total. The molecule has 0 amide bonds. The van der Waals surface area contributed by atoms with E-state index in [1.807, 2.05) is 36.4 Å². The lowest BCUT2D eigenvalue weighted by Gasteiger charge is -2.26. The quantitative estimate of drug-likeness (QED) is 0.510. The number of hydroxylamine groups is 2. The van der Waals surface area contributed by atoms with Crippen molar-refractivity contribution in [2.75, 3.05) is 0 Å². The van der Waals surface area contributed by atoms with E-state index in [-0.39, 0.29) is 0 Å². The highest BCUT2D eigenvalue weighted by Crippen LogP contribution is 2.39. The van der Waals surface area contributed by atoms with Crippen LogP contribution in [0.25, 0.3) is 21.5 Å². The van der Waals surface area contributed by atoms with E-state index in [9.17, 15) is 5.21 Å². The van der Waals surface area contributed by atoms with Gasteiger partial charge in [0.05, 0.1) is 0 Å². The van der Waals surface area contributed by atoms with E-state index in [0.717, 1.165) is 22.6 Å². The molecule has 2 aliphatic rings. The van der Waals surface area contributed by atoms with Crippen molar-refractivity contribution in [1.82, 2.24) is 5.06 Å². The second-order valence-corrected chi connectivity index (χ2v) is 7.46. The minimum atomic E-state index is -0.452. The Balaban J connectivity index is 1.29. The summed E-state index contributed by atoms with van der Waals surface area (Å²) in [7, 11) is 0. The Kier molecular flexibility index (Phi) is 3.39. The molecule has 138 valence electrons. The summed E-state index contributed by atoms with van der Waals surface area (Å²) in [6.45, 7) is 0. The van der Waals surface area contributed by atoms with E-state index in [0.29, 0.717) is 12.8 Å². The molecule has 4 aromatic rings. The van der Waals surface area contributed by atoms with Gasteiger partial charge >= 0.3 is 0 Å². The predicted octanol–water partition coefficient (Wildman–Crippen LogP) is 4.91. The van der Waals surface area contributed by atoms with Crippen molar-refractivity contribution >= 4 is 21.5 Å². The molecule has 0 radical (unpaired) electrons. The summed E-state index contributed by atoms with van der Waals surface area (Å²) >= 11 is 0. The first kappa shape index (κ1) is 15.9. The van der Waals surface area contributed by atoms with E-state index in [1.165, 1.54) is 26.6 Å². The Morgan fingerprint density at radius 3 is 1.61 bits per heavy atom. The largest absolute Gasteiger partial charge is 0.472 e. The van der Waals surface area contributed by atoms with E-state index in [2.05, 4.69) is 36.4 Å². The average molecular weight is 369 g/mol. The van der Waals surface area contributed by atoms with Crippen LogP contribution in [0.1, 0.15) is 11.1 Å². The smallest absolute Gasteiger partial charge is 0.182 e. The van der Waals surface area contributed by atoms with Crippen LogP contribution in [0.3, 0.4) is 0 Å². The maximum absolute atomic E-state index is 10.9. The van der Waals surface area contributed by atoms with Gasteiger partial charge in [0.1, 0.15) is 11.5 Å². The average Bonchev–Trinajstić information content (AvgIpc) is 3.38. The van der Waals surface area contributed by atoms with Gasteiger partial charge in [-0.05, 0) is 33.7 Å². The third kappa shape index (κ3) is 2.32. The number of ether oxygens (including phenoxy) is 2. The second-order valence-electron chi connectivity index (χ2n) is 7.46. The molecule has 4 heteroatoms. The molecule has 0 saturated carbocycles. The van der Waals surface area contributed by atoms with Gasteiger partial charge in [0.15, 0.2) is 12.5 Å². The fraction of sp³-hybridized carbons (Fsp3) is 0.167. The zero-order chi connectivity index (χ0) is 18.7. The number of nitrogens with zero attached hydrogens (tertiary/aromatic N) is 1. The Morgan fingerprint density at radius 1 is 0.643 bits per heavy atom. The van der Waals surface area contributed by atoms with E-state index >= 15 is 0 Å². The molecule has 6 rings (SSSR count). The first-order valence-electron chi connectivity index (χ1n) is 9.60. The summed E-state index contributed by atoms with van der Waals surface area (Å²) in [4.78, 5) is 0. The van der Waals surface area contributed by atoms with E-state index in [1.54, 1.807) is 0 Å². The summed E-state index contributed by atoms with van der Waals surface area (Å²) in [6.07, 6.45) is 0.353. The fourth-order valence-electron chi connectivity index (χ4n) is 4.48. The molecule has 2 heterocycles. The first-order chi connectivity index (χ1) is 13.8. The SMILES string of the molecule is ON(C1Cc2c(ccc3ccccc23)O1)C1Cc2c(ccc3ccccc23)O1. The van der Waals surface area contributed by atoms with Gasteiger partial charge in [-0.3, -0.25) is 0 Å². The molecule has 4 nitrogen and oxygen atoms in total. The van der Waals surface area contributed by atoms with E-state index in [4.69, 9.17) is 9.47 Å². The van der Waals surface area contributed by atoms with Gasteiger partial charge in [0.25, 0.3) is 0 Å². The predicted molar refractivity (Wildman–Crippen MR) is 108 cm³/mol. The van der Waals surface area contributed by atoms with Gasteiger partial charge in [0.2, 0.25) is 0 Å². The lowest BCUT2D eigenvalue weighted by Crippen LogP contribution is -2.45. The van der Waals surface area contributed by atoms with Gasteiger partial charge in [-0.25, -0.2) is 0 Å². The van der Waals surface area contributed by atoms with Crippen LogP contribution in [0.4, 0.5) is 0 Å². The van der Waals surface area contributed by atoms with Crippen LogP contribution < -0.4 is 9.47 Å². The molecular weight excluding hydrogens is 350 g/mol. The normalized spacial score (nSPS) is 20.2. The van der Waals surface area contributed by atoms with E-state index < -0.39 is 12.5 Å². The third-order valence-corrected chi connectivity index (χ3v) is 5.87. The van der Waals surface area contributed by atoms with Crippen molar-refractivity contribution in [3.8, 4) is 11.5 Å². The number of hydrogen-bond acceptors (Lipinski definition) is 4. The highest BCUT2D eigenvalue weighted by molar-refractivity contribution is 5.89. The zero-order valence-corrected chi connectivity index (χ0v) is 15.2. The molecule has 0 aliphatic carbocycles. The van der Waals surface area contributed by atoms with Gasteiger partial charge in [0, 0.05) is 24.0 Å². The van der Waals surface area contributed by atoms with Crippen LogP contribution in [0.15, 0.2) is 72.8 Å². The molecule has 28 heavy (non-hydrogen) atoms. The Bertz CT molecular complexity index is 1120. The monoisotopic (exact) mass is 369 g/mol. The van der Waals surface area contributed by atoms with Gasteiger partial charge in [-0.2, -0.15) is 0 Å². The molecule has 0 bridgehead atoms. The summed E-state index contributed by atoms with van der Waals surface area (Å²) in [5.74, 6) is 1.67. The van der Waals surface area contributed by atoms with Crippen molar-refractivity contribution in [3.63, 3.8) is 0 Å². The lowest BCUT2D eigenvalue weighted by atomic mass is 10.0. The summed E-state index contributed by atoms with van der Waals surface area (Å²) in [6, 6.07) is 24.7. The second kappa shape index (κ2) is 5.96. The van der Waals surface area contributed by atoms with Crippen LogP contribution in [0.5, 0.6) is 11.5 Å².